The Morgan fingerprint density at radius 1 is 1.15 bits per heavy atom. The summed E-state index contributed by atoms with van der Waals surface area (Å²) >= 11 is 2.72. The van der Waals surface area contributed by atoms with Gasteiger partial charge in [0.15, 0.2) is 5.76 Å². The number of thiazole rings is 1. The highest BCUT2D eigenvalue weighted by Gasteiger charge is 2.45. The lowest BCUT2D eigenvalue weighted by Gasteiger charge is -2.25. The van der Waals surface area contributed by atoms with E-state index in [1.54, 1.807) is 19.1 Å². The van der Waals surface area contributed by atoms with Crippen molar-refractivity contribution in [2.45, 2.75) is 19.9 Å². The van der Waals surface area contributed by atoms with Gasteiger partial charge in [-0.3, -0.25) is 14.5 Å². The summed E-state index contributed by atoms with van der Waals surface area (Å²) in [5.74, 6) is -1.41. The Morgan fingerprint density at radius 2 is 1.89 bits per heavy atom. The molecular formula is C20H16N2O3S2. The summed E-state index contributed by atoms with van der Waals surface area (Å²) in [6.07, 6.45) is 0. The van der Waals surface area contributed by atoms with Gasteiger partial charge in [-0.15, -0.1) is 22.7 Å². The number of aromatic nitrogens is 1. The van der Waals surface area contributed by atoms with Gasteiger partial charge in [0.05, 0.1) is 21.2 Å². The molecule has 1 aromatic carbocycles. The molecule has 27 heavy (non-hydrogen) atoms. The van der Waals surface area contributed by atoms with Crippen LogP contribution in [-0.4, -0.2) is 21.8 Å². The minimum atomic E-state index is -0.658. The van der Waals surface area contributed by atoms with Crippen LogP contribution >= 0.6 is 22.7 Å². The van der Waals surface area contributed by atoms with E-state index in [1.165, 1.54) is 27.6 Å². The molecular weight excluding hydrogens is 380 g/mol. The first-order valence-electron chi connectivity index (χ1n) is 8.33. The van der Waals surface area contributed by atoms with Gasteiger partial charge in [-0.1, -0.05) is 24.3 Å². The lowest BCUT2D eigenvalue weighted by molar-refractivity contribution is -0.117. The molecule has 0 aliphatic carbocycles. The first-order chi connectivity index (χ1) is 13.0. The molecule has 7 heteroatoms. The normalized spacial score (nSPS) is 17.0. The van der Waals surface area contributed by atoms with Crippen molar-refractivity contribution in [3.63, 3.8) is 0 Å². The maximum absolute atomic E-state index is 13.3. The van der Waals surface area contributed by atoms with Gasteiger partial charge in [0.2, 0.25) is 5.78 Å². The lowest BCUT2D eigenvalue weighted by Crippen LogP contribution is -2.30. The summed E-state index contributed by atoms with van der Waals surface area (Å²) in [6.45, 7) is 3.59. The number of aryl methyl sites for hydroxylation is 2. The van der Waals surface area contributed by atoms with Crippen LogP contribution in [0.3, 0.4) is 0 Å². The topological polar surface area (TPSA) is 70.5 Å². The first kappa shape index (κ1) is 17.6. The average molecular weight is 396 g/mol. The molecule has 3 heterocycles. The van der Waals surface area contributed by atoms with Gasteiger partial charge in [0, 0.05) is 10.6 Å². The smallest absolute Gasteiger partial charge is 0.294 e. The molecule has 136 valence electrons. The molecule has 3 aromatic rings. The van der Waals surface area contributed by atoms with E-state index in [-0.39, 0.29) is 11.4 Å². The number of nitrogens with zero attached hydrogens (tertiary/aromatic N) is 2. The van der Waals surface area contributed by atoms with E-state index < -0.39 is 17.7 Å². The molecule has 2 aromatic heterocycles. The van der Waals surface area contributed by atoms with Crippen LogP contribution < -0.4 is 4.90 Å². The maximum atomic E-state index is 13.3. The lowest BCUT2D eigenvalue weighted by atomic mass is 10.00. The predicted octanol–water partition coefficient (Wildman–Crippen LogP) is 4.60. The molecule has 1 amide bonds. The van der Waals surface area contributed by atoms with Gasteiger partial charge in [0.25, 0.3) is 5.91 Å². The highest BCUT2D eigenvalue weighted by molar-refractivity contribution is 7.14. The molecule has 1 aliphatic rings. The standard InChI is InChI=1S/C20H16N2O3S2/c1-11-19(27-12(2)21-11)17(23)15-16(14-9-6-10-26-14)22(20(25)18(15)24)13-7-4-3-5-8-13/h3-10,16,24H,1-2H3. The third kappa shape index (κ3) is 2.89. The van der Waals surface area contributed by atoms with Crippen molar-refractivity contribution in [3.8, 4) is 0 Å². The minimum Gasteiger partial charge on any atom is -0.503 e. The Bertz CT molecular complexity index is 1050. The molecule has 0 spiro atoms. The second kappa shape index (κ2) is 6.75. The zero-order valence-electron chi connectivity index (χ0n) is 14.7. The third-order valence-electron chi connectivity index (χ3n) is 4.41. The van der Waals surface area contributed by atoms with E-state index in [0.29, 0.717) is 16.3 Å². The number of para-hydroxylation sites is 1. The number of benzene rings is 1. The summed E-state index contributed by atoms with van der Waals surface area (Å²) in [6, 6.07) is 12.2. The van der Waals surface area contributed by atoms with E-state index in [0.717, 1.165) is 9.88 Å². The zero-order chi connectivity index (χ0) is 19.1. The minimum absolute atomic E-state index is 0.109. The molecule has 0 bridgehead atoms. The number of thiophene rings is 1. The number of hydrogen-bond acceptors (Lipinski definition) is 6. The number of carbonyl (C=O) groups excluding carboxylic acids is 2. The van der Waals surface area contributed by atoms with Crippen molar-refractivity contribution in [2.24, 2.45) is 0 Å². The van der Waals surface area contributed by atoms with Gasteiger partial charge in [-0.25, -0.2) is 4.98 Å². The average Bonchev–Trinajstić information content (AvgIpc) is 3.35. The Labute approximate surface area is 164 Å². The summed E-state index contributed by atoms with van der Waals surface area (Å²) in [5, 5.41) is 13.3. The number of Topliss-reactive ketones (excluding diaryl/α,β-unsaturated/α-hetero) is 1. The number of amides is 1. The maximum Gasteiger partial charge on any atom is 0.294 e. The van der Waals surface area contributed by atoms with Crippen LogP contribution in [0.4, 0.5) is 5.69 Å². The number of ketones is 1. The van der Waals surface area contributed by atoms with Crippen molar-refractivity contribution < 1.29 is 14.7 Å². The molecule has 0 radical (unpaired) electrons. The molecule has 1 unspecified atom stereocenters. The van der Waals surface area contributed by atoms with E-state index in [2.05, 4.69) is 4.98 Å². The summed E-state index contributed by atoms with van der Waals surface area (Å²) in [7, 11) is 0. The largest absolute Gasteiger partial charge is 0.503 e. The number of carbonyl (C=O) groups is 2. The molecule has 5 nitrogen and oxygen atoms in total. The Hall–Kier alpha value is -2.77. The SMILES string of the molecule is Cc1nc(C)c(C(=O)C2=C(O)C(=O)N(c3ccccc3)C2c2cccs2)s1. The fourth-order valence-corrected chi connectivity index (χ4v) is 4.97. The van der Waals surface area contributed by atoms with E-state index in [1.807, 2.05) is 42.6 Å². The fraction of sp³-hybridized carbons (Fsp3) is 0.150. The van der Waals surface area contributed by atoms with Gasteiger partial charge in [-0.2, -0.15) is 0 Å². The molecule has 1 N–H and O–H groups in total. The Balaban J connectivity index is 1.87. The highest BCUT2D eigenvalue weighted by atomic mass is 32.1. The molecule has 0 fully saturated rings. The van der Waals surface area contributed by atoms with Crippen molar-refractivity contribution in [1.82, 2.24) is 4.98 Å². The zero-order valence-corrected chi connectivity index (χ0v) is 16.3. The Kier molecular flexibility index (Phi) is 4.41. The van der Waals surface area contributed by atoms with Crippen molar-refractivity contribution in [3.05, 3.63) is 79.6 Å². The van der Waals surface area contributed by atoms with E-state index in [9.17, 15) is 14.7 Å². The molecule has 4 rings (SSSR count). The second-order valence-electron chi connectivity index (χ2n) is 6.17. The number of aliphatic hydroxyl groups excluding tert-OH is 1. The fourth-order valence-electron chi connectivity index (χ4n) is 3.27. The van der Waals surface area contributed by atoms with Crippen LogP contribution in [0.15, 0.2) is 59.2 Å². The molecule has 1 aliphatic heterocycles. The first-order valence-corrected chi connectivity index (χ1v) is 10.0. The second-order valence-corrected chi connectivity index (χ2v) is 8.35. The van der Waals surface area contributed by atoms with Crippen LogP contribution in [0.2, 0.25) is 0 Å². The number of rotatable bonds is 4. The summed E-state index contributed by atoms with van der Waals surface area (Å²) < 4.78 is 0. The highest BCUT2D eigenvalue weighted by Crippen LogP contribution is 2.43. The van der Waals surface area contributed by atoms with Crippen molar-refractivity contribution in [2.75, 3.05) is 4.90 Å². The van der Waals surface area contributed by atoms with Crippen LogP contribution in [-0.2, 0) is 4.79 Å². The van der Waals surface area contributed by atoms with Crippen LogP contribution in [0.25, 0.3) is 0 Å². The van der Waals surface area contributed by atoms with E-state index >= 15 is 0 Å². The number of hydrogen-bond donors (Lipinski definition) is 1. The predicted molar refractivity (Wildman–Crippen MR) is 107 cm³/mol. The third-order valence-corrected chi connectivity index (χ3v) is 6.41. The van der Waals surface area contributed by atoms with Crippen LogP contribution in [0.1, 0.15) is 31.3 Å². The number of aliphatic hydroxyl groups is 1. The van der Waals surface area contributed by atoms with Crippen LogP contribution in [0, 0.1) is 13.8 Å². The monoisotopic (exact) mass is 396 g/mol. The number of anilines is 1. The van der Waals surface area contributed by atoms with Crippen LogP contribution in [0.5, 0.6) is 0 Å². The summed E-state index contributed by atoms with van der Waals surface area (Å²) in [5.41, 5.74) is 1.35. The summed E-state index contributed by atoms with van der Waals surface area (Å²) in [4.78, 5) is 33.3. The quantitative estimate of drug-likeness (QED) is 0.654. The molecule has 0 saturated carbocycles. The van der Waals surface area contributed by atoms with Crippen molar-refractivity contribution >= 4 is 40.1 Å². The van der Waals surface area contributed by atoms with Gasteiger partial charge in [0.1, 0.15) is 6.04 Å². The van der Waals surface area contributed by atoms with Gasteiger partial charge < -0.3 is 5.11 Å². The van der Waals surface area contributed by atoms with Gasteiger partial charge >= 0.3 is 0 Å². The molecule has 0 saturated heterocycles. The Morgan fingerprint density at radius 3 is 2.48 bits per heavy atom. The van der Waals surface area contributed by atoms with Gasteiger partial charge in [-0.05, 0) is 37.4 Å². The van der Waals surface area contributed by atoms with Crippen molar-refractivity contribution in [1.29, 1.82) is 0 Å². The molecule has 1 atom stereocenters. The van der Waals surface area contributed by atoms with E-state index in [4.69, 9.17) is 0 Å².